The van der Waals surface area contributed by atoms with Gasteiger partial charge in [0.1, 0.15) is 0 Å². The van der Waals surface area contributed by atoms with E-state index in [0.717, 1.165) is 6.42 Å². The Bertz CT molecular complexity index is 237. The molecule has 0 N–H and O–H groups in total. The molecule has 3 atom stereocenters. The number of rotatable bonds is 2. The largest absolute Gasteiger partial charge is 0.401 e. The van der Waals surface area contributed by atoms with Crippen molar-refractivity contribution in [3.05, 3.63) is 0 Å². The molecule has 0 spiro atoms. The van der Waals surface area contributed by atoms with Crippen LogP contribution in [-0.2, 0) is 0 Å². The number of halogens is 3. The van der Waals surface area contributed by atoms with Crippen molar-refractivity contribution in [1.82, 2.24) is 4.90 Å². The molecule has 1 aliphatic rings. The summed E-state index contributed by atoms with van der Waals surface area (Å²) in [5.74, 6) is 1.95. The Morgan fingerprint density at radius 3 is 2.29 bits per heavy atom. The quantitative estimate of drug-likeness (QED) is 0.721. The molecule has 0 aromatic heterocycles. The fraction of sp³-hybridized carbons (Fsp3) is 1.00. The zero-order chi connectivity index (χ0) is 13.2. The Kier molecular flexibility index (Phi) is 4.87. The van der Waals surface area contributed by atoms with E-state index < -0.39 is 12.7 Å². The van der Waals surface area contributed by atoms with Crippen LogP contribution >= 0.6 is 0 Å². The summed E-state index contributed by atoms with van der Waals surface area (Å²) in [5, 5.41) is 0. The minimum Gasteiger partial charge on any atom is -0.295 e. The van der Waals surface area contributed by atoms with Gasteiger partial charge >= 0.3 is 6.18 Å². The maximum absolute atomic E-state index is 12.4. The van der Waals surface area contributed by atoms with Gasteiger partial charge in [-0.25, -0.2) is 0 Å². The highest BCUT2D eigenvalue weighted by molar-refractivity contribution is 4.82. The van der Waals surface area contributed by atoms with E-state index >= 15 is 0 Å². The van der Waals surface area contributed by atoms with Crippen molar-refractivity contribution in [2.24, 2.45) is 23.7 Å². The van der Waals surface area contributed by atoms with Crippen LogP contribution in [0.5, 0.6) is 0 Å². The average Bonchev–Trinajstić information content (AvgIpc) is 2.25. The maximum atomic E-state index is 12.4. The van der Waals surface area contributed by atoms with E-state index in [1.54, 1.807) is 4.90 Å². The Balaban J connectivity index is 2.65. The van der Waals surface area contributed by atoms with Crippen LogP contribution in [0.4, 0.5) is 13.2 Å². The van der Waals surface area contributed by atoms with Gasteiger partial charge in [-0.15, -0.1) is 0 Å². The van der Waals surface area contributed by atoms with E-state index in [0.29, 0.717) is 36.8 Å². The molecule has 1 nitrogen and oxygen atoms in total. The third-order valence-corrected chi connectivity index (χ3v) is 4.16. The van der Waals surface area contributed by atoms with Crippen LogP contribution in [0.1, 0.15) is 34.1 Å². The van der Waals surface area contributed by atoms with Gasteiger partial charge in [0.25, 0.3) is 0 Å². The van der Waals surface area contributed by atoms with Gasteiger partial charge in [0.15, 0.2) is 0 Å². The lowest BCUT2D eigenvalue weighted by Crippen LogP contribution is -2.37. The zero-order valence-electron chi connectivity index (χ0n) is 11.2. The normalized spacial score (nSPS) is 32.8. The molecule has 4 heteroatoms. The highest BCUT2D eigenvalue weighted by Crippen LogP contribution is 2.34. The van der Waals surface area contributed by atoms with E-state index in [4.69, 9.17) is 0 Å². The molecule has 0 bridgehead atoms. The fourth-order valence-corrected chi connectivity index (χ4v) is 3.02. The van der Waals surface area contributed by atoms with Crippen LogP contribution in [-0.4, -0.2) is 30.7 Å². The lowest BCUT2D eigenvalue weighted by Gasteiger charge is -2.29. The summed E-state index contributed by atoms with van der Waals surface area (Å²) in [7, 11) is 0. The molecular formula is C13H24F3N. The molecule has 0 aromatic carbocycles. The van der Waals surface area contributed by atoms with Crippen molar-refractivity contribution < 1.29 is 13.2 Å². The fourth-order valence-electron chi connectivity index (χ4n) is 3.02. The summed E-state index contributed by atoms with van der Waals surface area (Å²) < 4.78 is 37.2. The second-order valence-electron chi connectivity index (χ2n) is 5.88. The lowest BCUT2D eigenvalue weighted by molar-refractivity contribution is -0.146. The Morgan fingerprint density at radius 1 is 1.24 bits per heavy atom. The summed E-state index contributed by atoms with van der Waals surface area (Å²) in [5.41, 5.74) is 0. The number of hydrogen-bond acceptors (Lipinski definition) is 1. The number of nitrogens with zero attached hydrogens (tertiary/aromatic N) is 1. The second-order valence-corrected chi connectivity index (χ2v) is 5.88. The molecule has 0 aromatic rings. The molecule has 0 amide bonds. The van der Waals surface area contributed by atoms with Gasteiger partial charge in [-0.3, -0.25) is 4.90 Å². The first-order chi connectivity index (χ1) is 7.70. The van der Waals surface area contributed by atoms with Crippen molar-refractivity contribution in [3.8, 4) is 0 Å². The summed E-state index contributed by atoms with van der Waals surface area (Å²) >= 11 is 0. The number of likely N-dealkylation sites (tertiary alicyclic amines) is 1. The molecule has 1 aliphatic heterocycles. The van der Waals surface area contributed by atoms with E-state index in [1.165, 1.54) is 0 Å². The Labute approximate surface area is 102 Å². The van der Waals surface area contributed by atoms with Gasteiger partial charge in [-0.2, -0.15) is 13.2 Å². The van der Waals surface area contributed by atoms with Crippen LogP contribution in [0.2, 0.25) is 0 Å². The van der Waals surface area contributed by atoms with Crippen molar-refractivity contribution in [2.45, 2.75) is 40.3 Å². The number of alkyl halides is 3. The first kappa shape index (κ1) is 14.8. The molecule has 0 radical (unpaired) electrons. The van der Waals surface area contributed by atoms with Gasteiger partial charge < -0.3 is 0 Å². The SMILES string of the molecule is CC(C)C1CCN(CC(F)(F)F)CC(C)C1C. The molecule has 0 aliphatic carbocycles. The first-order valence-corrected chi connectivity index (χ1v) is 6.50. The van der Waals surface area contributed by atoms with E-state index in [9.17, 15) is 13.2 Å². The smallest absolute Gasteiger partial charge is 0.295 e. The third kappa shape index (κ3) is 4.49. The molecule has 102 valence electrons. The van der Waals surface area contributed by atoms with Crippen molar-refractivity contribution in [2.75, 3.05) is 19.6 Å². The van der Waals surface area contributed by atoms with Crippen LogP contribution < -0.4 is 0 Å². The summed E-state index contributed by atoms with van der Waals surface area (Å²) in [4.78, 5) is 1.57. The molecule has 0 saturated carbocycles. The summed E-state index contributed by atoms with van der Waals surface area (Å²) in [6.45, 7) is 9.01. The van der Waals surface area contributed by atoms with Gasteiger partial charge in [0, 0.05) is 6.54 Å². The highest BCUT2D eigenvalue weighted by atomic mass is 19.4. The lowest BCUT2D eigenvalue weighted by atomic mass is 9.77. The molecule has 1 saturated heterocycles. The minimum absolute atomic E-state index is 0.340. The molecular weight excluding hydrogens is 227 g/mol. The zero-order valence-corrected chi connectivity index (χ0v) is 11.2. The third-order valence-electron chi connectivity index (χ3n) is 4.16. The predicted molar refractivity (Wildman–Crippen MR) is 63.8 cm³/mol. The van der Waals surface area contributed by atoms with Gasteiger partial charge in [-0.1, -0.05) is 27.7 Å². The average molecular weight is 251 g/mol. The first-order valence-electron chi connectivity index (χ1n) is 6.50. The minimum atomic E-state index is -4.07. The molecule has 3 unspecified atom stereocenters. The molecule has 1 heterocycles. The van der Waals surface area contributed by atoms with Gasteiger partial charge in [0.2, 0.25) is 0 Å². The van der Waals surface area contributed by atoms with Crippen molar-refractivity contribution in [3.63, 3.8) is 0 Å². The summed E-state index contributed by atoms with van der Waals surface area (Å²) in [6.07, 6.45) is -3.18. The standard InChI is InChI=1S/C13H24F3N/c1-9(2)12-5-6-17(8-13(14,15)16)7-10(3)11(12)4/h9-12H,5-8H2,1-4H3. The molecule has 1 fully saturated rings. The monoisotopic (exact) mass is 251 g/mol. The number of hydrogen-bond donors (Lipinski definition) is 0. The van der Waals surface area contributed by atoms with E-state index in [2.05, 4.69) is 27.7 Å². The van der Waals surface area contributed by atoms with Crippen LogP contribution in [0.3, 0.4) is 0 Å². The second kappa shape index (κ2) is 5.59. The van der Waals surface area contributed by atoms with Crippen molar-refractivity contribution >= 4 is 0 Å². The highest BCUT2D eigenvalue weighted by Gasteiger charge is 2.35. The maximum Gasteiger partial charge on any atom is 0.401 e. The molecule has 1 rings (SSSR count). The topological polar surface area (TPSA) is 3.24 Å². The van der Waals surface area contributed by atoms with Gasteiger partial charge in [-0.05, 0) is 36.6 Å². The Morgan fingerprint density at radius 2 is 1.82 bits per heavy atom. The van der Waals surface area contributed by atoms with Crippen LogP contribution in [0, 0.1) is 23.7 Å². The predicted octanol–water partition coefficient (Wildman–Crippen LogP) is 3.80. The van der Waals surface area contributed by atoms with E-state index in [1.807, 2.05) is 0 Å². The Hall–Kier alpha value is -0.250. The summed E-state index contributed by atoms with van der Waals surface area (Å²) in [6, 6.07) is 0. The van der Waals surface area contributed by atoms with Crippen molar-refractivity contribution in [1.29, 1.82) is 0 Å². The molecule has 17 heavy (non-hydrogen) atoms. The van der Waals surface area contributed by atoms with E-state index in [-0.39, 0.29) is 0 Å². The van der Waals surface area contributed by atoms with Crippen LogP contribution in [0.25, 0.3) is 0 Å². The van der Waals surface area contributed by atoms with Gasteiger partial charge in [0.05, 0.1) is 6.54 Å². The van der Waals surface area contributed by atoms with Crippen LogP contribution in [0.15, 0.2) is 0 Å².